The highest BCUT2D eigenvalue weighted by Gasteiger charge is 2.45. The molecule has 2 nitrogen and oxygen atoms in total. The Morgan fingerprint density at radius 1 is 0.950 bits per heavy atom. The highest BCUT2D eigenvalue weighted by molar-refractivity contribution is 5.84. The van der Waals surface area contributed by atoms with Crippen LogP contribution in [0, 0.1) is 0 Å². The third kappa shape index (κ3) is 1.14. The van der Waals surface area contributed by atoms with Gasteiger partial charge in [-0.1, -0.05) is 42.5 Å². The second kappa shape index (κ2) is 3.53. The van der Waals surface area contributed by atoms with Crippen molar-refractivity contribution in [2.75, 3.05) is 0 Å². The lowest BCUT2D eigenvalue weighted by Crippen LogP contribution is -2.14. The van der Waals surface area contributed by atoms with Gasteiger partial charge < -0.3 is 9.52 Å². The van der Waals surface area contributed by atoms with Gasteiger partial charge in [0.1, 0.15) is 17.4 Å². The van der Waals surface area contributed by atoms with Crippen molar-refractivity contribution in [3.63, 3.8) is 0 Å². The molecule has 20 heavy (non-hydrogen) atoms. The summed E-state index contributed by atoms with van der Waals surface area (Å²) in [5, 5.41) is 11.9. The molecule has 2 heteroatoms. The van der Waals surface area contributed by atoms with Crippen molar-refractivity contribution in [3.05, 3.63) is 71.0 Å². The first-order valence-corrected chi connectivity index (χ1v) is 7.13. The minimum Gasteiger partial charge on any atom is -0.458 e. The van der Waals surface area contributed by atoms with Crippen molar-refractivity contribution in [1.82, 2.24) is 0 Å². The van der Waals surface area contributed by atoms with Gasteiger partial charge in [-0.25, -0.2) is 0 Å². The number of benzene rings is 2. The number of furan rings is 1. The number of para-hydroxylation sites is 1. The quantitative estimate of drug-likeness (QED) is 0.661. The summed E-state index contributed by atoms with van der Waals surface area (Å²) in [5.74, 6) is 1.34. The molecular weight excluding hydrogens is 248 g/mol. The van der Waals surface area contributed by atoms with Crippen molar-refractivity contribution in [2.24, 2.45) is 0 Å². The van der Waals surface area contributed by atoms with Crippen molar-refractivity contribution < 1.29 is 9.52 Å². The molecule has 2 aromatic carbocycles. The zero-order valence-electron chi connectivity index (χ0n) is 10.9. The summed E-state index contributed by atoms with van der Waals surface area (Å²) in [6.45, 7) is 0. The first-order chi connectivity index (χ1) is 9.84. The van der Waals surface area contributed by atoms with Crippen LogP contribution in [0.5, 0.6) is 0 Å². The van der Waals surface area contributed by atoms with E-state index < -0.39 is 6.10 Å². The molecule has 3 atom stereocenters. The molecule has 0 radical (unpaired) electrons. The first-order valence-electron chi connectivity index (χ1n) is 7.13. The minimum atomic E-state index is -0.516. The minimum absolute atomic E-state index is 0.185. The Labute approximate surface area is 116 Å². The summed E-state index contributed by atoms with van der Waals surface area (Å²) in [6, 6.07) is 16.6. The summed E-state index contributed by atoms with van der Waals surface area (Å²) in [6.07, 6.45) is 0.481. The third-order valence-electron chi connectivity index (χ3n) is 4.92. The van der Waals surface area contributed by atoms with Gasteiger partial charge in [0.15, 0.2) is 0 Å². The van der Waals surface area contributed by atoms with Gasteiger partial charge in [-0.3, -0.25) is 0 Å². The highest BCUT2D eigenvalue weighted by Crippen LogP contribution is 2.58. The smallest absolute Gasteiger partial charge is 0.138 e. The number of hydrogen-bond donors (Lipinski definition) is 1. The molecule has 3 aromatic rings. The molecule has 0 saturated carbocycles. The predicted molar refractivity (Wildman–Crippen MR) is 76.8 cm³/mol. The van der Waals surface area contributed by atoms with Crippen LogP contribution >= 0.6 is 0 Å². The van der Waals surface area contributed by atoms with Gasteiger partial charge in [0, 0.05) is 22.8 Å². The number of rotatable bonds is 0. The molecule has 98 valence electrons. The van der Waals surface area contributed by atoms with Crippen LogP contribution in [0.3, 0.4) is 0 Å². The largest absolute Gasteiger partial charge is 0.458 e. The molecule has 5 rings (SSSR count). The van der Waals surface area contributed by atoms with Crippen molar-refractivity contribution in [1.29, 1.82) is 0 Å². The second-order valence-corrected chi connectivity index (χ2v) is 5.84. The van der Waals surface area contributed by atoms with Crippen LogP contribution in [0.2, 0.25) is 0 Å². The van der Waals surface area contributed by atoms with E-state index in [-0.39, 0.29) is 5.92 Å². The van der Waals surface area contributed by atoms with Crippen LogP contribution in [0.4, 0.5) is 0 Å². The molecule has 2 aliphatic carbocycles. The number of aliphatic hydroxyl groups excluding tert-OH is 1. The molecule has 0 aliphatic heterocycles. The molecule has 0 saturated heterocycles. The maximum Gasteiger partial charge on any atom is 0.138 e. The van der Waals surface area contributed by atoms with E-state index in [0.717, 1.165) is 23.2 Å². The maximum absolute atomic E-state index is 10.7. The van der Waals surface area contributed by atoms with Crippen LogP contribution in [0.15, 0.2) is 52.9 Å². The molecular formula is C18H14O2. The van der Waals surface area contributed by atoms with E-state index in [1.54, 1.807) is 0 Å². The van der Waals surface area contributed by atoms with Crippen LogP contribution in [-0.2, 0) is 0 Å². The monoisotopic (exact) mass is 262 g/mol. The van der Waals surface area contributed by atoms with Crippen LogP contribution < -0.4 is 0 Å². The van der Waals surface area contributed by atoms with Gasteiger partial charge in [0.25, 0.3) is 0 Å². The molecule has 1 aromatic heterocycles. The summed E-state index contributed by atoms with van der Waals surface area (Å²) < 4.78 is 5.96. The Balaban J connectivity index is 1.88. The molecule has 1 heterocycles. The van der Waals surface area contributed by atoms with Gasteiger partial charge in [0.2, 0.25) is 0 Å². The van der Waals surface area contributed by atoms with E-state index in [4.69, 9.17) is 4.42 Å². The molecule has 0 unspecified atom stereocenters. The number of hydrogen-bond acceptors (Lipinski definition) is 2. The van der Waals surface area contributed by atoms with Crippen molar-refractivity contribution in [3.8, 4) is 0 Å². The van der Waals surface area contributed by atoms with Crippen LogP contribution in [0.25, 0.3) is 11.0 Å². The fourth-order valence-electron chi connectivity index (χ4n) is 4.09. The fraction of sp³-hybridized carbons (Fsp3) is 0.222. The molecule has 0 spiro atoms. The van der Waals surface area contributed by atoms with E-state index in [0.29, 0.717) is 5.92 Å². The van der Waals surface area contributed by atoms with Crippen molar-refractivity contribution >= 4 is 11.0 Å². The van der Waals surface area contributed by atoms with E-state index in [2.05, 4.69) is 30.3 Å². The molecule has 2 aliphatic rings. The van der Waals surface area contributed by atoms with E-state index in [1.165, 1.54) is 16.7 Å². The van der Waals surface area contributed by atoms with Crippen LogP contribution in [0.1, 0.15) is 46.8 Å². The Morgan fingerprint density at radius 2 is 1.70 bits per heavy atom. The molecule has 0 amide bonds. The standard InChI is InChI=1S/C18H14O2/c19-17-14-9-13(10-5-1-2-6-11(10)14)16-12-7-3-4-8-15(12)20-18(16)17/h1-8,13-14,17,19H,9H2/t13-,14+,17-/m1/s1. The van der Waals surface area contributed by atoms with Crippen molar-refractivity contribution in [2.45, 2.75) is 24.4 Å². The molecule has 1 N–H and O–H groups in total. The number of fused-ring (bicyclic) bond motifs is 9. The molecule has 2 bridgehead atoms. The highest BCUT2D eigenvalue weighted by atomic mass is 16.4. The van der Waals surface area contributed by atoms with Crippen LogP contribution in [-0.4, -0.2) is 5.11 Å². The summed E-state index contributed by atoms with van der Waals surface area (Å²) in [5.41, 5.74) is 4.75. The zero-order valence-corrected chi connectivity index (χ0v) is 10.9. The van der Waals surface area contributed by atoms with Gasteiger partial charge in [0.05, 0.1) is 0 Å². The van der Waals surface area contributed by atoms with E-state index >= 15 is 0 Å². The summed E-state index contributed by atoms with van der Waals surface area (Å²) >= 11 is 0. The fourth-order valence-corrected chi connectivity index (χ4v) is 4.09. The SMILES string of the molecule is O[C@H]1c2oc3ccccc3c2[C@@H]2C[C@H]1c1ccccc12. The summed E-state index contributed by atoms with van der Waals surface area (Å²) in [7, 11) is 0. The van der Waals surface area contributed by atoms with Gasteiger partial charge in [-0.2, -0.15) is 0 Å². The lowest BCUT2D eigenvalue weighted by atomic mass is 9.82. The predicted octanol–water partition coefficient (Wildman–Crippen LogP) is 4.10. The topological polar surface area (TPSA) is 33.4 Å². The van der Waals surface area contributed by atoms with E-state index in [1.807, 2.05) is 18.2 Å². The normalized spacial score (nSPS) is 26.6. The average molecular weight is 262 g/mol. The Kier molecular flexibility index (Phi) is 1.89. The first kappa shape index (κ1) is 10.7. The van der Waals surface area contributed by atoms with Gasteiger partial charge in [-0.15, -0.1) is 0 Å². The van der Waals surface area contributed by atoms with Gasteiger partial charge in [-0.05, 0) is 23.6 Å². The molecule has 0 fully saturated rings. The lowest BCUT2D eigenvalue weighted by molar-refractivity contribution is 0.111. The Bertz CT molecular complexity index is 830. The van der Waals surface area contributed by atoms with Gasteiger partial charge >= 0.3 is 0 Å². The average Bonchev–Trinajstić information content (AvgIpc) is 3.03. The summed E-state index contributed by atoms with van der Waals surface area (Å²) in [4.78, 5) is 0. The Hall–Kier alpha value is -2.06. The van der Waals surface area contributed by atoms with E-state index in [9.17, 15) is 5.11 Å². The second-order valence-electron chi connectivity index (χ2n) is 5.84. The lowest BCUT2D eigenvalue weighted by Gasteiger charge is -2.24. The maximum atomic E-state index is 10.7. The number of aliphatic hydroxyl groups is 1. The zero-order chi connectivity index (χ0) is 13.3. The third-order valence-corrected chi connectivity index (χ3v) is 4.92. The Morgan fingerprint density at radius 3 is 2.60 bits per heavy atom.